The monoisotopic (exact) mass is 303 g/mol. The van der Waals surface area contributed by atoms with E-state index in [2.05, 4.69) is 5.32 Å². The molecule has 1 aliphatic rings. The van der Waals surface area contributed by atoms with E-state index >= 15 is 0 Å². The average Bonchev–Trinajstić information content (AvgIpc) is 2.90. The minimum Gasteiger partial charge on any atom is -0.465 e. The molecule has 6 nitrogen and oxygen atoms in total. The number of hydrogen-bond acceptors (Lipinski definition) is 7. The lowest BCUT2D eigenvalue weighted by molar-refractivity contribution is -0.148. The van der Waals surface area contributed by atoms with Gasteiger partial charge in [-0.2, -0.15) is 0 Å². The molecule has 0 spiro atoms. The van der Waals surface area contributed by atoms with E-state index in [1.165, 1.54) is 13.8 Å². The van der Waals surface area contributed by atoms with Gasteiger partial charge in [0.05, 0.1) is 13.2 Å². The third-order valence-electron chi connectivity index (χ3n) is 2.85. The summed E-state index contributed by atoms with van der Waals surface area (Å²) in [5.41, 5.74) is 0. The predicted molar refractivity (Wildman–Crippen MR) is 75.2 cm³/mol. The summed E-state index contributed by atoms with van der Waals surface area (Å²) >= 11 is 1.14. The summed E-state index contributed by atoms with van der Waals surface area (Å²) in [4.78, 5) is 33.6. The van der Waals surface area contributed by atoms with Crippen LogP contribution < -0.4 is 5.32 Å². The highest BCUT2D eigenvalue weighted by atomic mass is 32.2. The zero-order chi connectivity index (χ0) is 15.0. The van der Waals surface area contributed by atoms with Crippen molar-refractivity contribution in [2.45, 2.75) is 32.7 Å². The van der Waals surface area contributed by atoms with Crippen molar-refractivity contribution < 1.29 is 23.9 Å². The summed E-state index contributed by atoms with van der Waals surface area (Å²) in [6, 6.07) is -0.232. The number of carbonyl (C=O) groups excluding carboxylic acids is 3. The van der Waals surface area contributed by atoms with Crippen molar-refractivity contribution in [3.63, 3.8) is 0 Å². The number of nitrogens with one attached hydrogen (secondary N) is 1. The fraction of sp³-hybridized carbons (Fsp3) is 0.769. The van der Waals surface area contributed by atoms with Crippen molar-refractivity contribution in [2.75, 3.05) is 25.5 Å². The van der Waals surface area contributed by atoms with E-state index in [1.54, 1.807) is 0 Å². The summed E-state index contributed by atoms with van der Waals surface area (Å²) < 4.78 is 10.2. The molecule has 1 aliphatic heterocycles. The lowest BCUT2D eigenvalue weighted by atomic mass is 10.2. The van der Waals surface area contributed by atoms with Crippen molar-refractivity contribution in [3.8, 4) is 0 Å². The molecular formula is C13H21NO5S. The van der Waals surface area contributed by atoms with Crippen LogP contribution in [0.15, 0.2) is 0 Å². The first-order valence-corrected chi connectivity index (χ1v) is 7.64. The minimum absolute atomic E-state index is 0.0124. The lowest BCUT2D eigenvalue weighted by Gasteiger charge is -2.17. The summed E-state index contributed by atoms with van der Waals surface area (Å²) in [6.07, 6.45) is 1.76. The fourth-order valence-electron chi connectivity index (χ4n) is 1.80. The number of thioether (sulfide) groups is 1. The molecule has 0 saturated carbocycles. The van der Waals surface area contributed by atoms with Gasteiger partial charge in [0.2, 0.25) is 0 Å². The maximum Gasteiger partial charge on any atom is 0.323 e. The van der Waals surface area contributed by atoms with E-state index in [0.29, 0.717) is 5.75 Å². The van der Waals surface area contributed by atoms with Gasteiger partial charge in [0.15, 0.2) is 5.12 Å². The molecule has 0 bridgehead atoms. The molecule has 1 rings (SSSR count). The number of esters is 2. The van der Waals surface area contributed by atoms with Crippen molar-refractivity contribution >= 4 is 28.8 Å². The van der Waals surface area contributed by atoms with Crippen molar-refractivity contribution in [3.05, 3.63) is 0 Å². The Morgan fingerprint density at radius 2 is 1.95 bits per heavy atom. The summed E-state index contributed by atoms with van der Waals surface area (Å²) in [6.45, 7) is 3.94. The quantitative estimate of drug-likeness (QED) is 0.695. The van der Waals surface area contributed by atoms with Crippen LogP contribution in [0.2, 0.25) is 0 Å². The Morgan fingerprint density at radius 3 is 2.50 bits per heavy atom. The van der Waals surface area contributed by atoms with E-state index in [9.17, 15) is 14.4 Å². The molecule has 1 unspecified atom stereocenters. The molecule has 1 fully saturated rings. The van der Waals surface area contributed by atoms with Crippen LogP contribution in [-0.2, 0) is 23.9 Å². The lowest BCUT2D eigenvalue weighted by Crippen LogP contribution is -2.34. The largest absolute Gasteiger partial charge is 0.465 e. The van der Waals surface area contributed by atoms with Gasteiger partial charge in [-0.1, -0.05) is 11.8 Å². The Labute approximate surface area is 122 Å². The molecule has 0 aromatic carbocycles. The molecule has 0 aromatic heterocycles. The topological polar surface area (TPSA) is 81.7 Å². The first-order chi connectivity index (χ1) is 9.49. The van der Waals surface area contributed by atoms with Gasteiger partial charge in [0.25, 0.3) is 0 Å². The summed E-state index contributed by atoms with van der Waals surface area (Å²) in [5.74, 6) is -0.360. The molecule has 1 N–H and O–H groups in total. The molecule has 114 valence electrons. The van der Waals surface area contributed by atoms with Gasteiger partial charge in [-0.3, -0.25) is 14.4 Å². The minimum atomic E-state index is -0.383. The molecule has 0 amide bonds. The Hall–Kier alpha value is -1.08. The highest BCUT2D eigenvalue weighted by Crippen LogP contribution is 2.13. The van der Waals surface area contributed by atoms with Gasteiger partial charge in [0.1, 0.15) is 6.04 Å². The first kappa shape index (κ1) is 17.0. The smallest absolute Gasteiger partial charge is 0.323 e. The van der Waals surface area contributed by atoms with E-state index < -0.39 is 0 Å². The van der Waals surface area contributed by atoms with Gasteiger partial charge in [-0.25, -0.2) is 0 Å². The number of ether oxygens (including phenoxy) is 2. The van der Waals surface area contributed by atoms with Crippen molar-refractivity contribution in [2.24, 2.45) is 5.92 Å². The van der Waals surface area contributed by atoms with Gasteiger partial charge in [-0.15, -0.1) is 0 Å². The van der Waals surface area contributed by atoms with E-state index in [-0.39, 0.29) is 42.2 Å². The molecule has 0 radical (unpaired) electrons. The fourth-order valence-corrected chi connectivity index (χ4v) is 2.46. The van der Waals surface area contributed by atoms with Crippen LogP contribution in [0, 0.1) is 5.92 Å². The number of carbonyl (C=O) groups is 3. The molecule has 7 heteroatoms. The van der Waals surface area contributed by atoms with Gasteiger partial charge >= 0.3 is 11.9 Å². The standard InChI is InChI=1S/C13H21NO5S/c1-9(15)18-6-11(8-20-10(2)16)7-19-13(17)12-4-3-5-14-12/h11-12,14H,3-8H2,1-2H3/t11?,12-/m0/s1. The van der Waals surface area contributed by atoms with Crippen LogP contribution >= 0.6 is 11.8 Å². The highest BCUT2D eigenvalue weighted by Gasteiger charge is 2.24. The Balaban J connectivity index is 2.35. The van der Waals surface area contributed by atoms with Crippen LogP contribution in [0.4, 0.5) is 0 Å². The van der Waals surface area contributed by atoms with Crippen LogP contribution in [0.25, 0.3) is 0 Å². The maximum absolute atomic E-state index is 11.8. The second-order valence-electron chi connectivity index (χ2n) is 4.75. The van der Waals surface area contributed by atoms with Crippen LogP contribution in [-0.4, -0.2) is 48.6 Å². The third-order valence-corrected chi connectivity index (χ3v) is 3.90. The molecule has 1 heterocycles. The van der Waals surface area contributed by atoms with Crippen molar-refractivity contribution in [1.29, 1.82) is 0 Å². The third kappa shape index (κ3) is 6.91. The molecule has 2 atom stereocenters. The van der Waals surface area contributed by atoms with Crippen molar-refractivity contribution in [1.82, 2.24) is 5.32 Å². The first-order valence-electron chi connectivity index (χ1n) is 6.65. The SMILES string of the molecule is CC(=O)OCC(COC(=O)[C@@H]1CCCN1)CSC(C)=O. The van der Waals surface area contributed by atoms with Crippen LogP contribution in [0.3, 0.4) is 0 Å². The second kappa shape index (κ2) is 8.97. The number of rotatable bonds is 7. The molecule has 1 saturated heterocycles. The van der Waals surface area contributed by atoms with Gasteiger partial charge in [-0.05, 0) is 19.4 Å². The molecule has 0 aromatic rings. The Bertz CT molecular complexity index is 337. The van der Waals surface area contributed by atoms with Gasteiger partial charge < -0.3 is 14.8 Å². The van der Waals surface area contributed by atoms with Crippen LogP contribution in [0.5, 0.6) is 0 Å². The Kier molecular flexibility index (Phi) is 7.61. The molecular weight excluding hydrogens is 282 g/mol. The summed E-state index contributed by atoms with van der Waals surface area (Å²) in [7, 11) is 0. The van der Waals surface area contributed by atoms with Gasteiger partial charge in [0, 0.05) is 25.5 Å². The average molecular weight is 303 g/mol. The van der Waals surface area contributed by atoms with E-state index in [4.69, 9.17) is 9.47 Å². The second-order valence-corrected chi connectivity index (χ2v) is 5.95. The summed E-state index contributed by atoms with van der Waals surface area (Å²) in [5, 5.41) is 3.05. The highest BCUT2D eigenvalue weighted by molar-refractivity contribution is 8.13. The van der Waals surface area contributed by atoms with E-state index in [0.717, 1.165) is 31.1 Å². The predicted octanol–water partition coefficient (Wildman–Crippen LogP) is 0.741. The maximum atomic E-state index is 11.8. The molecule has 0 aliphatic carbocycles. The normalized spacial score (nSPS) is 19.4. The van der Waals surface area contributed by atoms with E-state index in [1.807, 2.05) is 0 Å². The van der Waals surface area contributed by atoms with Crippen LogP contribution in [0.1, 0.15) is 26.7 Å². The zero-order valence-electron chi connectivity index (χ0n) is 11.8. The number of hydrogen-bond donors (Lipinski definition) is 1. The zero-order valence-corrected chi connectivity index (χ0v) is 12.7. The Morgan fingerprint density at radius 1 is 1.25 bits per heavy atom. The molecule has 20 heavy (non-hydrogen) atoms.